The molecular weight excluding hydrogens is 382 g/mol. The van der Waals surface area contributed by atoms with Gasteiger partial charge in [0.1, 0.15) is 25.0 Å². The first-order valence-corrected chi connectivity index (χ1v) is 11.1. The summed E-state index contributed by atoms with van der Waals surface area (Å²) >= 11 is 0. The van der Waals surface area contributed by atoms with Crippen molar-refractivity contribution in [2.24, 2.45) is 0 Å². The van der Waals surface area contributed by atoms with E-state index in [4.69, 9.17) is 4.74 Å². The first-order chi connectivity index (χ1) is 15.2. The summed E-state index contributed by atoms with van der Waals surface area (Å²) in [5, 5.41) is 10.9. The fourth-order valence-electron chi connectivity index (χ4n) is 3.80. The van der Waals surface area contributed by atoms with Crippen LogP contribution >= 0.6 is 0 Å². The van der Waals surface area contributed by atoms with Gasteiger partial charge < -0.3 is 14.7 Å². The smallest absolute Gasteiger partial charge is 0.128 e. The van der Waals surface area contributed by atoms with E-state index in [1.807, 2.05) is 60.7 Å². The summed E-state index contributed by atoms with van der Waals surface area (Å²) < 4.78 is 5.86. The maximum Gasteiger partial charge on any atom is 0.128 e. The van der Waals surface area contributed by atoms with E-state index in [1.54, 1.807) is 0 Å². The van der Waals surface area contributed by atoms with Gasteiger partial charge in [0.15, 0.2) is 0 Å². The molecular formula is C28H34NO2+. The van der Waals surface area contributed by atoms with Crippen molar-refractivity contribution in [1.29, 1.82) is 0 Å². The summed E-state index contributed by atoms with van der Waals surface area (Å²) in [7, 11) is 0. The molecule has 0 radical (unpaired) electrons. The number of hydrogen-bond donors (Lipinski definition) is 2. The van der Waals surface area contributed by atoms with Crippen molar-refractivity contribution in [1.82, 2.24) is 0 Å². The van der Waals surface area contributed by atoms with Crippen LogP contribution < -0.4 is 9.64 Å². The number of aliphatic hydroxyl groups is 1. The highest BCUT2D eigenvalue weighted by Crippen LogP contribution is 2.18. The van der Waals surface area contributed by atoms with Crippen LogP contribution in [-0.4, -0.2) is 24.2 Å². The van der Waals surface area contributed by atoms with Crippen LogP contribution in [0.25, 0.3) is 0 Å². The predicted octanol–water partition coefficient (Wildman–Crippen LogP) is 4.39. The van der Waals surface area contributed by atoms with Crippen molar-refractivity contribution in [3.8, 4) is 5.75 Å². The number of benzene rings is 3. The lowest BCUT2D eigenvalue weighted by molar-refractivity contribution is -0.921. The van der Waals surface area contributed by atoms with Crippen LogP contribution in [-0.2, 0) is 13.0 Å². The molecule has 3 aromatic carbocycles. The van der Waals surface area contributed by atoms with Crippen molar-refractivity contribution < 1.29 is 14.7 Å². The highest BCUT2D eigenvalue weighted by Gasteiger charge is 2.21. The Morgan fingerprint density at radius 2 is 1.52 bits per heavy atom. The van der Waals surface area contributed by atoms with Crippen molar-refractivity contribution in [2.75, 3.05) is 13.1 Å². The van der Waals surface area contributed by atoms with Crippen molar-refractivity contribution in [3.05, 3.63) is 114 Å². The molecule has 31 heavy (non-hydrogen) atoms. The zero-order valence-corrected chi connectivity index (χ0v) is 18.4. The number of hydrogen-bond acceptors (Lipinski definition) is 2. The third kappa shape index (κ3) is 7.39. The maximum absolute atomic E-state index is 10.9. The van der Waals surface area contributed by atoms with Gasteiger partial charge in [0.25, 0.3) is 0 Å². The van der Waals surface area contributed by atoms with Gasteiger partial charge in [-0.25, -0.2) is 0 Å². The molecule has 3 nitrogen and oxygen atoms in total. The van der Waals surface area contributed by atoms with Crippen molar-refractivity contribution >= 4 is 0 Å². The standard InChI is InChI=1S/C28H33NO2/c1-3-20-29(23(2)14-15-24-10-6-4-7-11-24)21-28(30)26-16-18-27(19-17-26)31-22-25-12-8-5-9-13-25/h3-13,16-19,23,28,30H,1,14-15,20-22H2,2H3/p+1/t23-,28-/m1/s1. The van der Waals surface area contributed by atoms with Crippen LogP contribution in [0.4, 0.5) is 0 Å². The van der Waals surface area contributed by atoms with Crippen LogP contribution in [0.2, 0.25) is 0 Å². The summed E-state index contributed by atoms with van der Waals surface area (Å²) in [6, 6.07) is 28.9. The normalized spacial score (nSPS) is 13.9. The van der Waals surface area contributed by atoms with Gasteiger partial charge in [0, 0.05) is 6.42 Å². The number of rotatable bonds is 12. The first-order valence-electron chi connectivity index (χ1n) is 11.1. The molecule has 0 spiro atoms. The molecule has 0 aromatic heterocycles. The quantitative estimate of drug-likeness (QED) is 0.429. The SMILES string of the molecule is C=CC[NH+](C[C@@H](O)c1ccc(OCc2ccccc2)cc1)[C@H](C)CCc1ccccc1. The molecule has 0 saturated heterocycles. The van der Waals surface area contributed by atoms with Gasteiger partial charge in [-0.2, -0.15) is 0 Å². The minimum absolute atomic E-state index is 0.432. The van der Waals surface area contributed by atoms with E-state index >= 15 is 0 Å². The molecule has 0 amide bonds. The molecule has 162 valence electrons. The lowest BCUT2D eigenvalue weighted by Crippen LogP contribution is -3.15. The summed E-state index contributed by atoms with van der Waals surface area (Å²) in [6.07, 6.45) is 3.55. The van der Waals surface area contributed by atoms with Crippen LogP contribution in [0.3, 0.4) is 0 Å². The predicted molar refractivity (Wildman–Crippen MR) is 127 cm³/mol. The fourth-order valence-corrected chi connectivity index (χ4v) is 3.80. The molecule has 0 heterocycles. The Morgan fingerprint density at radius 1 is 0.903 bits per heavy atom. The number of aliphatic hydroxyl groups excluding tert-OH is 1. The molecule has 1 unspecified atom stereocenters. The lowest BCUT2D eigenvalue weighted by Gasteiger charge is -2.27. The van der Waals surface area contributed by atoms with E-state index in [9.17, 15) is 5.11 Å². The maximum atomic E-state index is 10.9. The molecule has 3 heteroatoms. The Labute approximate surface area is 186 Å². The molecule has 3 aromatic rings. The number of quaternary nitrogens is 1. The van der Waals surface area contributed by atoms with Gasteiger partial charge in [0.2, 0.25) is 0 Å². The largest absolute Gasteiger partial charge is 0.489 e. The lowest BCUT2D eigenvalue weighted by atomic mass is 10.0. The minimum Gasteiger partial charge on any atom is -0.489 e. The Bertz CT molecular complexity index is 893. The van der Waals surface area contributed by atoms with Crippen LogP contribution in [0, 0.1) is 0 Å². The second-order valence-electron chi connectivity index (χ2n) is 8.14. The number of nitrogens with one attached hydrogen (secondary N) is 1. The highest BCUT2D eigenvalue weighted by atomic mass is 16.5. The summed E-state index contributed by atoms with van der Waals surface area (Å²) in [4.78, 5) is 1.35. The van der Waals surface area contributed by atoms with Gasteiger partial charge in [-0.05, 0) is 48.2 Å². The summed E-state index contributed by atoms with van der Waals surface area (Å²) in [5.41, 5.74) is 3.42. The molecule has 0 saturated carbocycles. The third-order valence-electron chi connectivity index (χ3n) is 5.78. The molecule has 0 bridgehead atoms. The van der Waals surface area contributed by atoms with Gasteiger partial charge in [-0.1, -0.05) is 79.4 Å². The Morgan fingerprint density at radius 3 is 2.13 bits per heavy atom. The Kier molecular flexibility index (Phi) is 8.89. The molecule has 3 atom stereocenters. The summed E-state index contributed by atoms with van der Waals surface area (Å²) in [6.45, 7) is 8.22. The Balaban J connectivity index is 1.53. The number of ether oxygens (including phenoxy) is 1. The average Bonchev–Trinajstić information content (AvgIpc) is 2.82. The number of aryl methyl sites for hydroxylation is 1. The van der Waals surface area contributed by atoms with Crippen LogP contribution in [0.1, 0.15) is 36.1 Å². The molecule has 2 N–H and O–H groups in total. The van der Waals surface area contributed by atoms with Crippen molar-refractivity contribution in [2.45, 2.75) is 38.5 Å². The molecule has 0 aliphatic carbocycles. The van der Waals surface area contributed by atoms with Crippen LogP contribution in [0.15, 0.2) is 97.6 Å². The molecule has 3 rings (SSSR count). The summed E-state index contributed by atoms with van der Waals surface area (Å²) in [5.74, 6) is 0.811. The van der Waals surface area contributed by atoms with E-state index in [0.29, 0.717) is 19.2 Å². The average molecular weight is 417 g/mol. The highest BCUT2D eigenvalue weighted by molar-refractivity contribution is 5.29. The second kappa shape index (κ2) is 12.1. The van der Waals surface area contributed by atoms with E-state index < -0.39 is 6.10 Å². The molecule has 0 aliphatic rings. The molecule has 0 fully saturated rings. The van der Waals surface area contributed by atoms with E-state index in [1.165, 1.54) is 10.5 Å². The molecule has 0 aliphatic heterocycles. The first kappa shape index (κ1) is 22.8. The van der Waals surface area contributed by atoms with E-state index in [0.717, 1.165) is 36.3 Å². The zero-order valence-electron chi connectivity index (χ0n) is 18.4. The van der Waals surface area contributed by atoms with Crippen LogP contribution in [0.5, 0.6) is 5.75 Å². The zero-order chi connectivity index (χ0) is 21.9. The second-order valence-corrected chi connectivity index (χ2v) is 8.14. The third-order valence-corrected chi connectivity index (χ3v) is 5.78. The van der Waals surface area contributed by atoms with Gasteiger partial charge >= 0.3 is 0 Å². The van der Waals surface area contributed by atoms with E-state index in [2.05, 4.69) is 43.8 Å². The fraction of sp³-hybridized carbons (Fsp3) is 0.286. The van der Waals surface area contributed by atoms with Gasteiger partial charge in [-0.15, -0.1) is 0 Å². The minimum atomic E-state index is -0.516. The van der Waals surface area contributed by atoms with Gasteiger partial charge in [0.05, 0.1) is 12.6 Å². The monoisotopic (exact) mass is 416 g/mol. The van der Waals surface area contributed by atoms with Gasteiger partial charge in [-0.3, -0.25) is 0 Å². The topological polar surface area (TPSA) is 33.9 Å². The Hall–Kier alpha value is -2.88. The van der Waals surface area contributed by atoms with Crippen molar-refractivity contribution in [3.63, 3.8) is 0 Å². The van der Waals surface area contributed by atoms with E-state index in [-0.39, 0.29) is 0 Å².